The number of hydrogen-bond acceptors (Lipinski definition) is 1. The molecule has 0 amide bonds. The molecule has 0 aliphatic rings. The first-order valence-electron chi connectivity index (χ1n) is 1.20. The van der Waals surface area contributed by atoms with Gasteiger partial charge >= 0.3 is 34.7 Å². The van der Waals surface area contributed by atoms with Crippen LogP contribution < -0.4 is 0 Å². The van der Waals surface area contributed by atoms with E-state index in [9.17, 15) is 4.79 Å². The van der Waals surface area contributed by atoms with E-state index in [1.54, 1.807) is 0 Å². The molecule has 48 valence electrons. The Labute approximate surface area is 75.8 Å². The first-order chi connectivity index (χ1) is 1.73. The van der Waals surface area contributed by atoms with Gasteiger partial charge in [-0.15, -0.1) is 0 Å². The maximum atomic E-state index is 9.44. The van der Waals surface area contributed by atoms with Gasteiger partial charge in [-0.05, 0) is 13.8 Å². The van der Waals surface area contributed by atoms with Crippen LogP contribution >= 0.6 is 0 Å². The molecule has 9 heavy (non-hydrogen) atoms. The average Bonchev–Trinajstić information content (AvgIpc) is 0.811. The van der Waals surface area contributed by atoms with E-state index in [0.29, 0.717) is 0 Å². The van der Waals surface area contributed by atoms with E-state index in [0.717, 1.165) is 0 Å². The van der Waals surface area contributed by atoms with Crippen LogP contribution in [0.2, 0.25) is 0 Å². The number of carbonyl (C=O) groups excluding carboxylic acids is 1. The Morgan fingerprint density at radius 3 is 0.889 bits per heavy atom. The molecule has 4 nitrogen and oxygen atoms in total. The van der Waals surface area contributed by atoms with Gasteiger partial charge in [0.2, 0.25) is 0 Å². The summed E-state index contributed by atoms with van der Waals surface area (Å²) < 4.78 is 0. The van der Waals surface area contributed by atoms with Gasteiger partial charge in [-0.3, -0.25) is 0 Å². The van der Waals surface area contributed by atoms with Gasteiger partial charge in [-0.2, -0.15) is 0 Å². The van der Waals surface area contributed by atoms with Crippen LogP contribution in [-0.2, 0) is 21.2 Å². The quantitative estimate of drug-likeness (QED) is 0.437. The molecule has 0 aromatic carbocycles. The van der Waals surface area contributed by atoms with Crippen LogP contribution in [0.1, 0.15) is 13.8 Å². The van der Waals surface area contributed by atoms with Crippen molar-refractivity contribution in [2.24, 2.45) is 0 Å². The van der Waals surface area contributed by atoms with E-state index in [2.05, 4.69) is 0 Å². The summed E-state index contributed by atoms with van der Waals surface area (Å²) in [6.07, 6.45) is 0. The second kappa shape index (κ2) is 38.2. The molecular formula is C3H6Al2O4. The van der Waals surface area contributed by atoms with Gasteiger partial charge in [-0.25, -0.2) is 0 Å². The summed E-state index contributed by atoms with van der Waals surface area (Å²) in [4.78, 5) is 9.44. The number of carbonyl (C=O) groups is 1. The third-order valence-corrected chi connectivity index (χ3v) is 0. The fourth-order valence-corrected chi connectivity index (χ4v) is 0. The third-order valence-electron chi connectivity index (χ3n) is 0. The van der Waals surface area contributed by atoms with Crippen molar-refractivity contribution in [2.75, 3.05) is 0 Å². The molecule has 0 fully saturated rings. The van der Waals surface area contributed by atoms with E-state index >= 15 is 0 Å². The molecule has 0 rings (SSSR count). The van der Waals surface area contributed by atoms with Crippen LogP contribution in [0, 0.1) is 0 Å². The zero-order chi connectivity index (χ0) is 3.58. The van der Waals surface area contributed by atoms with Gasteiger partial charge in [0.15, 0.2) is 0 Å². The fraction of sp³-hybridized carbons (Fsp3) is 0.667. The van der Waals surface area contributed by atoms with Gasteiger partial charge in [0.05, 0.1) is 0 Å². The van der Waals surface area contributed by atoms with Crippen LogP contribution in [0.3, 0.4) is 0 Å². The predicted molar refractivity (Wildman–Crippen MR) is 29.9 cm³/mol. The first kappa shape index (κ1) is 54.6. The van der Waals surface area contributed by atoms with E-state index < -0.39 is 0 Å². The monoisotopic (exact) mass is 160 g/mol. The van der Waals surface area contributed by atoms with Gasteiger partial charge in [0.1, 0.15) is 5.78 Å². The van der Waals surface area contributed by atoms with Crippen molar-refractivity contribution in [3.05, 3.63) is 0 Å². The van der Waals surface area contributed by atoms with Gasteiger partial charge in [-0.1, -0.05) is 0 Å². The van der Waals surface area contributed by atoms with Crippen LogP contribution in [0.5, 0.6) is 0 Å². The Morgan fingerprint density at radius 2 is 0.889 bits per heavy atom. The molecule has 0 radical (unpaired) electrons. The van der Waals surface area contributed by atoms with Crippen molar-refractivity contribution in [1.82, 2.24) is 0 Å². The maximum Gasteiger partial charge on any atom is 3.00 e. The van der Waals surface area contributed by atoms with Crippen LogP contribution in [0.25, 0.3) is 0 Å². The van der Waals surface area contributed by atoms with Crippen molar-refractivity contribution in [1.29, 1.82) is 0 Å². The normalized spacial score (nSPS) is 2.89. The number of ketones is 1. The molecule has 0 heterocycles. The Kier molecular flexibility index (Phi) is 232. The van der Waals surface area contributed by atoms with Crippen molar-refractivity contribution in [2.45, 2.75) is 13.8 Å². The number of rotatable bonds is 0. The molecule has 0 aromatic rings. The van der Waals surface area contributed by atoms with E-state index in [1.165, 1.54) is 13.8 Å². The molecular weight excluding hydrogens is 154 g/mol. The topological polar surface area (TPSA) is 103 Å². The molecule has 0 N–H and O–H groups in total. The number of Topliss-reactive ketones (excluding diaryl/α,β-unsaturated/α-hetero) is 1. The Morgan fingerprint density at radius 1 is 0.889 bits per heavy atom. The molecule has 0 saturated carbocycles. The summed E-state index contributed by atoms with van der Waals surface area (Å²) in [7, 11) is 0. The van der Waals surface area contributed by atoms with Crippen LogP contribution in [0.4, 0.5) is 0 Å². The van der Waals surface area contributed by atoms with E-state index in [1.807, 2.05) is 0 Å². The standard InChI is InChI=1S/C3H6O.2Al.3O/c1-3(2)4;;;;;/h1-2H3;;;;;/q;2*+3;3*-2. The zero-order valence-electron chi connectivity index (χ0n) is 5.29. The van der Waals surface area contributed by atoms with Crippen molar-refractivity contribution >= 4 is 40.5 Å². The first-order valence-corrected chi connectivity index (χ1v) is 1.20. The van der Waals surface area contributed by atoms with Crippen molar-refractivity contribution in [3.63, 3.8) is 0 Å². The average molecular weight is 160 g/mol. The second-order valence-electron chi connectivity index (χ2n) is 0.908. The maximum absolute atomic E-state index is 9.44. The molecule has 0 bridgehead atoms. The fourth-order valence-electron chi connectivity index (χ4n) is 0. The van der Waals surface area contributed by atoms with Crippen LogP contribution in [0.15, 0.2) is 0 Å². The minimum absolute atomic E-state index is 0. The molecule has 0 unspecified atom stereocenters. The van der Waals surface area contributed by atoms with Gasteiger partial charge in [0, 0.05) is 0 Å². The van der Waals surface area contributed by atoms with Crippen LogP contribution in [-0.4, -0.2) is 40.5 Å². The van der Waals surface area contributed by atoms with E-state index in [4.69, 9.17) is 0 Å². The smallest absolute Gasteiger partial charge is 2.00 e. The Balaban J connectivity index is -0.00000000450. The third kappa shape index (κ3) is 997. The van der Waals surface area contributed by atoms with Crippen molar-refractivity contribution in [3.8, 4) is 0 Å². The molecule has 0 atom stereocenters. The summed E-state index contributed by atoms with van der Waals surface area (Å²) >= 11 is 0. The van der Waals surface area contributed by atoms with Gasteiger partial charge in [0.25, 0.3) is 0 Å². The molecule has 0 aliphatic heterocycles. The number of hydrogen-bond donors (Lipinski definition) is 0. The van der Waals surface area contributed by atoms with E-state index in [-0.39, 0.29) is 56.9 Å². The molecule has 6 heteroatoms. The molecule has 0 spiro atoms. The molecule has 0 saturated heterocycles. The minimum Gasteiger partial charge on any atom is -2.00 e. The Bertz CT molecular complexity index is 36.8. The second-order valence-corrected chi connectivity index (χ2v) is 0.908. The predicted octanol–water partition coefficient (Wildman–Crippen LogP) is -0.523. The zero-order valence-corrected chi connectivity index (χ0v) is 7.60. The largest absolute Gasteiger partial charge is 3.00 e. The van der Waals surface area contributed by atoms with Gasteiger partial charge < -0.3 is 21.2 Å². The summed E-state index contributed by atoms with van der Waals surface area (Å²) in [5.74, 6) is 0.167. The minimum atomic E-state index is 0. The Hall–Kier alpha value is 0.615. The molecule has 0 aromatic heterocycles. The summed E-state index contributed by atoms with van der Waals surface area (Å²) in [6, 6.07) is 0. The van der Waals surface area contributed by atoms with Crippen molar-refractivity contribution < 1.29 is 21.2 Å². The summed E-state index contributed by atoms with van der Waals surface area (Å²) in [5.41, 5.74) is 0. The SMILES string of the molecule is CC(C)=O.[Al+3].[Al+3].[O-2].[O-2].[O-2]. The molecule has 0 aliphatic carbocycles. The summed E-state index contributed by atoms with van der Waals surface area (Å²) in [5, 5.41) is 0. The summed E-state index contributed by atoms with van der Waals surface area (Å²) in [6.45, 7) is 3.06.